The van der Waals surface area contributed by atoms with Crippen LogP contribution in [-0.2, 0) is 23.8 Å². The molecule has 7 atom stereocenters. The molecule has 15 heteroatoms. The quantitative estimate of drug-likeness (QED) is 0.0544. The number of nitrogens with one attached hydrogen (secondary N) is 1. The molecular formula is C44H65N3O12. The Balaban J connectivity index is 1.76. The molecule has 2 heterocycles. The topological polar surface area (TPSA) is 187 Å². The first kappa shape index (κ1) is 46.1. The first-order valence-electron chi connectivity index (χ1n) is 21.4. The van der Waals surface area contributed by atoms with E-state index in [-0.39, 0.29) is 77.0 Å². The van der Waals surface area contributed by atoms with Crippen LogP contribution >= 0.6 is 0 Å². The molecule has 2 fully saturated rings. The molecule has 1 saturated carbocycles. The Morgan fingerprint density at radius 3 is 2.56 bits per heavy atom. The van der Waals surface area contributed by atoms with Crippen LogP contribution in [0.25, 0.3) is 0 Å². The number of fused-ring (bicyclic) bond motifs is 2. The molecule has 4 aliphatic rings. The van der Waals surface area contributed by atoms with Gasteiger partial charge < -0.3 is 53.9 Å². The molecule has 59 heavy (non-hydrogen) atoms. The van der Waals surface area contributed by atoms with Crippen molar-refractivity contribution in [3.05, 3.63) is 60.7 Å². The summed E-state index contributed by atoms with van der Waals surface area (Å²) in [5.74, 6) is -1.62. The van der Waals surface area contributed by atoms with Gasteiger partial charge >= 0.3 is 12.2 Å². The van der Waals surface area contributed by atoms with Crippen molar-refractivity contribution in [1.82, 2.24) is 10.2 Å². The summed E-state index contributed by atoms with van der Waals surface area (Å²) < 4.78 is 37.5. The van der Waals surface area contributed by atoms with Crippen LogP contribution in [-0.4, -0.2) is 122 Å². The van der Waals surface area contributed by atoms with E-state index >= 15 is 0 Å². The van der Waals surface area contributed by atoms with Crippen LogP contribution in [0.5, 0.6) is 11.5 Å². The van der Waals surface area contributed by atoms with E-state index in [0.29, 0.717) is 56.0 Å². The van der Waals surface area contributed by atoms with E-state index in [1.165, 1.54) is 0 Å². The van der Waals surface area contributed by atoms with Crippen molar-refractivity contribution in [3.63, 3.8) is 0 Å². The molecule has 2 aliphatic heterocycles. The van der Waals surface area contributed by atoms with Gasteiger partial charge in [0.15, 0.2) is 0 Å². The fraction of sp³-hybridized carbons (Fsp3) is 0.659. The second-order valence-corrected chi connectivity index (χ2v) is 15.3. The number of unbranched alkanes of at least 4 members (excludes halogenated alkanes) is 2. The van der Waals surface area contributed by atoms with Crippen LogP contribution in [0, 0.1) is 17.8 Å². The van der Waals surface area contributed by atoms with Crippen LogP contribution in [0.2, 0.25) is 0 Å². The average Bonchev–Trinajstić information content (AvgIpc) is 3.24. The zero-order chi connectivity index (χ0) is 42.0. The minimum absolute atomic E-state index is 0.00652. The van der Waals surface area contributed by atoms with Crippen LogP contribution in [0.1, 0.15) is 89.0 Å². The van der Waals surface area contributed by atoms with Gasteiger partial charge in [-0.05, 0) is 87.5 Å². The van der Waals surface area contributed by atoms with Gasteiger partial charge in [-0.2, -0.15) is 0 Å². The van der Waals surface area contributed by atoms with Crippen molar-refractivity contribution in [2.45, 2.75) is 102 Å². The molecule has 7 unspecified atom stereocenters. The van der Waals surface area contributed by atoms with Crippen LogP contribution < -0.4 is 14.8 Å². The van der Waals surface area contributed by atoms with E-state index in [1.54, 1.807) is 29.2 Å². The molecule has 0 aromatic heterocycles. The summed E-state index contributed by atoms with van der Waals surface area (Å²) in [4.78, 5) is 34.8. The van der Waals surface area contributed by atoms with Gasteiger partial charge in [-0.1, -0.05) is 36.2 Å². The highest BCUT2D eigenvalue weighted by Crippen LogP contribution is 2.62. The summed E-state index contributed by atoms with van der Waals surface area (Å²) in [6, 6.07) is 4.47. The number of amides is 2. The van der Waals surface area contributed by atoms with E-state index in [0.717, 1.165) is 49.7 Å². The van der Waals surface area contributed by atoms with Crippen LogP contribution in [0.15, 0.2) is 60.3 Å². The number of ether oxygens (including phenoxy) is 6. The fourth-order valence-electron chi connectivity index (χ4n) is 8.93. The Labute approximate surface area is 348 Å². The predicted octanol–water partition coefficient (Wildman–Crippen LogP) is 5.98. The predicted molar refractivity (Wildman–Crippen MR) is 220 cm³/mol. The van der Waals surface area contributed by atoms with Gasteiger partial charge in [-0.25, -0.2) is 9.59 Å². The third kappa shape index (κ3) is 11.6. The maximum Gasteiger partial charge on any atom is 0.412 e. The van der Waals surface area contributed by atoms with Gasteiger partial charge in [0.25, 0.3) is 0 Å². The zero-order valence-electron chi connectivity index (χ0n) is 34.6. The molecule has 1 aromatic carbocycles. The van der Waals surface area contributed by atoms with Gasteiger partial charge in [-0.3, -0.25) is 4.90 Å². The Morgan fingerprint density at radius 2 is 1.85 bits per heavy atom. The standard InChI is InChI=1S/C44H65N3O12/c1-4-7-24-55-43(52)47(19-26-53-27-22-50)38-30-36(46-59-39-16-10-13-25-54-39)34-28-31(14-8-11-20-48)33(15-9-12-21-49)40-35-29-32(57-42(51)45-6-3)17-18-37(35)58-44(38,41(34)40)56-23-5-2/h4-5,17-18,28-29,31,33,38-41,48-50H,1-2,6-16,19-27,30H2,3H3,(H,45,51). The molecular weight excluding hydrogens is 762 g/mol. The summed E-state index contributed by atoms with van der Waals surface area (Å²) in [5, 5.41) is 36.8. The van der Waals surface area contributed by atoms with Gasteiger partial charge in [-0.15, -0.1) is 13.2 Å². The van der Waals surface area contributed by atoms with E-state index < -0.39 is 36.2 Å². The lowest BCUT2D eigenvalue weighted by Crippen LogP contribution is -2.70. The van der Waals surface area contributed by atoms with Crippen LogP contribution in [0.4, 0.5) is 9.59 Å². The number of nitrogens with zero attached hydrogens (tertiary/aromatic N) is 2. The van der Waals surface area contributed by atoms with Crippen molar-refractivity contribution in [1.29, 1.82) is 0 Å². The summed E-state index contributed by atoms with van der Waals surface area (Å²) >= 11 is 0. The maximum absolute atomic E-state index is 14.3. The Bertz CT molecular complexity index is 1580. The normalized spacial score (nSPS) is 26.4. The first-order valence-corrected chi connectivity index (χ1v) is 21.4. The molecule has 0 spiro atoms. The van der Waals surface area contributed by atoms with Gasteiger partial charge in [0.1, 0.15) is 17.5 Å². The molecule has 2 aliphatic carbocycles. The molecule has 0 radical (unpaired) electrons. The second-order valence-electron chi connectivity index (χ2n) is 15.3. The summed E-state index contributed by atoms with van der Waals surface area (Å²) in [7, 11) is 0. The summed E-state index contributed by atoms with van der Waals surface area (Å²) in [6.45, 7) is 10.9. The average molecular weight is 828 g/mol. The molecule has 5 rings (SSSR count). The molecule has 1 aromatic rings. The molecule has 4 N–H and O–H groups in total. The van der Waals surface area contributed by atoms with Crippen molar-refractivity contribution in [3.8, 4) is 11.5 Å². The number of rotatable bonds is 24. The number of aliphatic hydroxyl groups is 3. The molecule has 1 saturated heterocycles. The Hall–Kier alpha value is -3.99. The number of oxime groups is 1. The maximum atomic E-state index is 14.3. The molecule has 15 nitrogen and oxygen atoms in total. The van der Waals surface area contributed by atoms with E-state index in [4.69, 9.17) is 38.4 Å². The van der Waals surface area contributed by atoms with E-state index in [9.17, 15) is 24.9 Å². The number of carbonyl (C=O) groups excluding carboxylic acids is 2. The number of aliphatic hydroxyl groups excluding tert-OH is 3. The fourth-order valence-corrected chi connectivity index (χ4v) is 8.93. The third-order valence-corrected chi connectivity index (χ3v) is 11.5. The van der Waals surface area contributed by atoms with Gasteiger partial charge in [0.05, 0.1) is 51.3 Å². The number of hydrogen-bond donors (Lipinski definition) is 4. The van der Waals surface area contributed by atoms with Crippen molar-refractivity contribution >= 4 is 17.9 Å². The second kappa shape index (κ2) is 23.7. The highest BCUT2D eigenvalue weighted by molar-refractivity contribution is 6.03. The number of allylic oxidation sites excluding steroid dienone is 1. The van der Waals surface area contributed by atoms with E-state index in [2.05, 4.69) is 24.6 Å². The molecule has 2 amide bonds. The van der Waals surface area contributed by atoms with Gasteiger partial charge in [0.2, 0.25) is 12.1 Å². The lowest BCUT2D eigenvalue weighted by Gasteiger charge is -2.59. The largest absolute Gasteiger partial charge is 0.459 e. The smallest absolute Gasteiger partial charge is 0.412 e. The third-order valence-electron chi connectivity index (χ3n) is 11.5. The van der Waals surface area contributed by atoms with Crippen molar-refractivity contribution < 1.29 is 58.2 Å². The van der Waals surface area contributed by atoms with Crippen LogP contribution in [0.3, 0.4) is 0 Å². The molecule has 328 valence electrons. The minimum atomic E-state index is -1.53. The lowest BCUT2D eigenvalue weighted by atomic mass is 9.55. The molecule has 0 bridgehead atoms. The number of carbonyl (C=O) groups is 2. The van der Waals surface area contributed by atoms with E-state index in [1.807, 2.05) is 13.0 Å². The highest BCUT2D eigenvalue weighted by atomic mass is 16.8. The SMILES string of the molecule is C=CCCOC(=O)N(CCOCCO)C1CC(=NOC2CCCCO2)C2=CC(CCCCO)C(CCCCO)C3c4cc(OC(=O)NCC)ccc4OC1(OCC=C)C23. The first-order chi connectivity index (χ1) is 28.8. The Morgan fingerprint density at radius 1 is 1.03 bits per heavy atom. The zero-order valence-corrected chi connectivity index (χ0v) is 34.6. The highest BCUT2D eigenvalue weighted by Gasteiger charge is 2.65. The monoisotopic (exact) mass is 827 g/mol. The summed E-state index contributed by atoms with van der Waals surface area (Å²) in [5.41, 5.74) is 2.28. The Kier molecular flexibility index (Phi) is 18.5. The van der Waals surface area contributed by atoms with Crippen molar-refractivity contribution in [2.75, 3.05) is 65.9 Å². The number of benzene rings is 1. The number of hydrogen-bond acceptors (Lipinski definition) is 13. The van der Waals surface area contributed by atoms with Gasteiger partial charge in [0, 0.05) is 50.6 Å². The minimum Gasteiger partial charge on any atom is -0.459 e. The lowest BCUT2D eigenvalue weighted by molar-refractivity contribution is -0.256. The van der Waals surface area contributed by atoms with Crippen molar-refractivity contribution in [2.24, 2.45) is 22.9 Å². The summed E-state index contributed by atoms with van der Waals surface area (Å²) in [6.07, 6.45) is 11.3.